The molecule has 0 saturated heterocycles. The lowest BCUT2D eigenvalue weighted by Gasteiger charge is -2.08. The van der Waals surface area contributed by atoms with Gasteiger partial charge in [0.1, 0.15) is 0 Å². The van der Waals surface area contributed by atoms with Crippen molar-refractivity contribution >= 4 is 20.8 Å². The van der Waals surface area contributed by atoms with Crippen LogP contribution in [0.25, 0.3) is 10.8 Å². The van der Waals surface area contributed by atoms with Crippen LogP contribution in [0.1, 0.15) is 19.3 Å². The third kappa shape index (κ3) is 4.06. The highest BCUT2D eigenvalue weighted by molar-refractivity contribution is 7.89. The number of benzene rings is 2. The van der Waals surface area contributed by atoms with E-state index >= 15 is 0 Å². The third-order valence-corrected chi connectivity index (χ3v) is 5.30. The minimum absolute atomic E-state index is 0.310. The molecule has 0 amide bonds. The fourth-order valence-corrected chi connectivity index (χ4v) is 3.44. The van der Waals surface area contributed by atoms with Crippen LogP contribution in [0.15, 0.2) is 47.4 Å². The molecule has 0 unspecified atom stereocenters. The third-order valence-electron chi connectivity index (χ3n) is 3.84. The second-order valence-corrected chi connectivity index (χ2v) is 7.55. The Morgan fingerprint density at radius 2 is 1.86 bits per heavy atom. The van der Waals surface area contributed by atoms with E-state index in [9.17, 15) is 8.42 Å². The molecule has 2 aromatic rings. The van der Waals surface area contributed by atoms with Gasteiger partial charge in [0.2, 0.25) is 10.0 Å². The highest BCUT2D eigenvalue weighted by Crippen LogP contribution is 2.28. The first-order chi connectivity index (χ1) is 10.6. The summed E-state index contributed by atoms with van der Waals surface area (Å²) < 4.78 is 32.7. The summed E-state index contributed by atoms with van der Waals surface area (Å²) in [6.07, 6.45) is 3.24. The molecule has 0 spiro atoms. The number of nitrogens with one attached hydrogen (secondary N) is 1. The minimum atomic E-state index is -3.45. The predicted molar refractivity (Wildman–Crippen MR) is 87.3 cm³/mol. The van der Waals surface area contributed by atoms with Crippen LogP contribution in [-0.4, -0.2) is 28.2 Å². The van der Waals surface area contributed by atoms with Crippen LogP contribution in [0.2, 0.25) is 0 Å². The molecule has 1 fully saturated rings. The standard InChI is InChI=1S/C17H21NO3S/c19-22(20,18-10-3-11-21-13-14-6-7-14)17-9-8-15-4-1-2-5-16(15)12-17/h1-2,4-5,8-9,12,14,18H,3,6-7,10-11,13H2. The van der Waals surface area contributed by atoms with Crippen molar-refractivity contribution in [3.05, 3.63) is 42.5 Å². The van der Waals surface area contributed by atoms with Gasteiger partial charge in [-0.05, 0) is 48.1 Å². The Hall–Kier alpha value is -1.43. The highest BCUT2D eigenvalue weighted by atomic mass is 32.2. The molecule has 0 bridgehead atoms. The Kier molecular flexibility index (Phi) is 4.76. The number of ether oxygens (including phenoxy) is 1. The van der Waals surface area contributed by atoms with Gasteiger partial charge in [-0.3, -0.25) is 0 Å². The van der Waals surface area contributed by atoms with E-state index in [2.05, 4.69) is 4.72 Å². The lowest BCUT2D eigenvalue weighted by Crippen LogP contribution is -2.25. The van der Waals surface area contributed by atoms with Crippen LogP contribution in [0.3, 0.4) is 0 Å². The Morgan fingerprint density at radius 1 is 1.09 bits per heavy atom. The fourth-order valence-electron chi connectivity index (χ4n) is 2.33. The van der Waals surface area contributed by atoms with Crippen molar-refractivity contribution in [2.45, 2.75) is 24.2 Å². The molecular formula is C17H21NO3S. The van der Waals surface area contributed by atoms with Crippen molar-refractivity contribution in [1.82, 2.24) is 4.72 Å². The molecular weight excluding hydrogens is 298 g/mol. The summed E-state index contributed by atoms with van der Waals surface area (Å²) in [6, 6.07) is 12.9. The molecule has 3 rings (SSSR count). The Balaban J connectivity index is 1.53. The second-order valence-electron chi connectivity index (χ2n) is 5.78. The lowest BCUT2D eigenvalue weighted by atomic mass is 10.1. The van der Waals surface area contributed by atoms with Crippen molar-refractivity contribution < 1.29 is 13.2 Å². The van der Waals surface area contributed by atoms with E-state index < -0.39 is 10.0 Å². The molecule has 0 aliphatic heterocycles. The summed E-state index contributed by atoms with van der Waals surface area (Å²) in [5.41, 5.74) is 0. The number of rotatable bonds is 8. The highest BCUT2D eigenvalue weighted by Gasteiger charge is 2.21. The van der Waals surface area contributed by atoms with E-state index in [1.165, 1.54) is 12.8 Å². The lowest BCUT2D eigenvalue weighted by molar-refractivity contribution is 0.123. The fraction of sp³-hybridized carbons (Fsp3) is 0.412. The van der Waals surface area contributed by atoms with Crippen molar-refractivity contribution in [2.24, 2.45) is 5.92 Å². The van der Waals surface area contributed by atoms with Crippen LogP contribution in [0.5, 0.6) is 0 Å². The normalized spacial score (nSPS) is 15.3. The van der Waals surface area contributed by atoms with E-state index in [1.54, 1.807) is 12.1 Å². The molecule has 0 atom stereocenters. The van der Waals surface area contributed by atoms with Gasteiger partial charge >= 0.3 is 0 Å². The summed E-state index contributed by atoms with van der Waals surface area (Å²) in [5.74, 6) is 0.745. The van der Waals surface area contributed by atoms with Gasteiger partial charge in [-0.25, -0.2) is 13.1 Å². The first-order valence-corrected chi connectivity index (χ1v) is 9.20. The number of hydrogen-bond donors (Lipinski definition) is 1. The Bertz CT molecular complexity index is 738. The zero-order valence-corrected chi connectivity index (χ0v) is 13.3. The van der Waals surface area contributed by atoms with Gasteiger partial charge < -0.3 is 4.74 Å². The maximum Gasteiger partial charge on any atom is 0.240 e. The first-order valence-electron chi connectivity index (χ1n) is 7.71. The van der Waals surface area contributed by atoms with E-state index in [-0.39, 0.29) is 0 Å². The average molecular weight is 319 g/mol. The van der Waals surface area contributed by atoms with E-state index in [4.69, 9.17) is 4.74 Å². The van der Waals surface area contributed by atoms with Gasteiger partial charge in [0.25, 0.3) is 0 Å². The van der Waals surface area contributed by atoms with Crippen molar-refractivity contribution in [3.63, 3.8) is 0 Å². The van der Waals surface area contributed by atoms with Gasteiger partial charge in [-0.2, -0.15) is 0 Å². The van der Waals surface area contributed by atoms with Crippen LogP contribution in [0, 0.1) is 5.92 Å². The van der Waals surface area contributed by atoms with Gasteiger partial charge in [-0.1, -0.05) is 30.3 Å². The van der Waals surface area contributed by atoms with Crippen LogP contribution >= 0.6 is 0 Å². The average Bonchev–Trinajstić information content (AvgIpc) is 3.34. The largest absolute Gasteiger partial charge is 0.381 e. The van der Waals surface area contributed by atoms with Crippen LogP contribution in [-0.2, 0) is 14.8 Å². The Labute approximate surface area is 131 Å². The smallest absolute Gasteiger partial charge is 0.240 e. The molecule has 1 saturated carbocycles. The monoisotopic (exact) mass is 319 g/mol. The number of fused-ring (bicyclic) bond motifs is 1. The predicted octanol–water partition coefficient (Wildman–Crippen LogP) is 2.93. The number of hydrogen-bond acceptors (Lipinski definition) is 3. The van der Waals surface area contributed by atoms with E-state index in [1.807, 2.05) is 30.3 Å². The summed E-state index contributed by atoms with van der Waals surface area (Å²) in [6.45, 7) is 1.83. The Morgan fingerprint density at radius 3 is 2.64 bits per heavy atom. The molecule has 1 N–H and O–H groups in total. The second kappa shape index (κ2) is 6.77. The minimum Gasteiger partial charge on any atom is -0.381 e. The van der Waals surface area contributed by atoms with Crippen LogP contribution < -0.4 is 4.72 Å². The van der Waals surface area contributed by atoms with Gasteiger partial charge in [0.05, 0.1) is 4.90 Å². The molecule has 4 nitrogen and oxygen atoms in total. The summed E-state index contributed by atoms with van der Waals surface area (Å²) in [7, 11) is -3.45. The summed E-state index contributed by atoms with van der Waals surface area (Å²) in [5, 5.41) is 1.97. The molecule has 2 aromatic carbocycles. The molecule has 0 heterocycles. The maximum absolute atomic E-state index is 12.3. The summed E-state index contributed by atoms with van der Waals surface area (Å²) >= 11 is 0. The zero-order chi connectivity index (χ0) is 15.4. The van der Waals surface area contributed by atoms with E-state index in [0.29, 0.717) is 24.5 Å². The SMILES string of the molecule is O=S(=O)(NCCCOCC1CC1)c1ccc2ccccc2c1. The van der Waals surface area contributed by atoms with E-state index in [0.717, 1.165) is 23.3 Å². The molecule has 1 aliphatic carbocycles. The van der Waals surface area contributed by atoms with Crippen molar-refractivity contribution in [2.75, 3.05) is 19.8 Å². The van der Waals surface area contributed by atoms with Crippen molar-refractivity contribution in [3.8, 4) is 0 Å². The molecule has 0 aromatic heterocycles. The maximum atomic E-state index is 12.3. The number of sulfonamides is 1. The first kappa shape index (κ1) is 15.5. The van der Waals surface area contributed by atoms with Gasteiger partial charge in [-0.15, -0.1) is 0 Å². The van der Waals surface area contributed by atoms with Crippen LogP contribution in [0.4, 0.5) is 0 Å². The molecule has 118 valence electrons. The molecule has 5 heteroatoms. The van der Waals surface area contributed by atoms with Gasteiger partial charge in [0, 0.05) is 19.8 Å². The molecule has 0 radical (unpaired) electrons. The quantitative estimate of drug-likeness (QED) is 0.761. The van der Waals surface area contributed by atoms with Gasteiger partial charge in [0.15, 0.2) is 0 Å². The van der Waals surface area contributed by atoms with Crippen molar-refractivity contribution in [1.29, 1.82) is 0 Å². The zero-order valence-electron chi connectivity index (χ0n) is 12.5. The topological polar surface area (TPSA) is 55.4 Å². The summed E-state index contributed by atoms with van der Waals surface area (Å²) in [4.78, 5) is 0.310. The molecule has 1 aliphatic rings. The molecule has 22 heavy (non-hydrogen) atoms.